The van der Waals surface area contributed by atoms with E-state index in [4.69, 9.17) is 10.3 Å². The van der Waals surface area contributed by atoms with Gasteiger partial charge >= 0.3 is 6.09 Å². The molecular formula is C19H26N2O3. The van der Waals surface area contributed by atoms with E-state index in [0.717, 1.165) is 6.54 Å². The van der Waals surface area contributed by atoms with Crippen molar-refractivity contribution in [3.05, 3.63) is 71.3 Å². The number of hydrogen-bond acceptors (Lipinski definition) is 3. The smallest absolute Gasteiger partial charge is 0.431 e. The van der Waals surface area contributed by atoms with Gasteiger partial charge in [-0.3, -0.25) is 5.21 Å². The van der Waals surface area contributed by atoms with E-state index in [-0.39, 0.29) is 6.54 Å². The Hall–Kier alpha value is -2.37. The van der Waals surface area contributed by atoms with E-state index in [1.54, 1.807) is 0 Å². The summed E-state index contributed by atoms with van der Waals surface area (Å²) in [4.78, 5) is 10.3. The number of rotatable bonds is 6. The maximum absolute atomic E-state index is 10.3. The van der Waals surface area contributed by atoms with E-state index in [2.05, 4.69) is 43.4 Å². The molecule has 5 heteroatoms. The number of hydroxylamine groups is 2. The summed E-state index contributed by atoms with van der Waals surface area (Å²) in [5.74, 6) is 0. The Bertz CT molecular complexity index is 603. The van der Waals surface area contributed by atoms with Gasteiger partial charge in [0.25, 0.3) is 0 Å². The number of benzene rings is 2. The van der Waals surface area contributed by atoms with Crippen LogP contribution in [0.5, 0.6) is 0 Å². The van der Waals surface area contributed by atoms with Crippen LogP contribution in [0.2, 0.25) is 0 Å². The Morgan fingerprint density at radius 1 is 1.04 bits per heavy atom. The summed E-state index contributed by atoms with van der Waals surface area (Å²) in [7, 11) is 0. The maximum Gasteiger partial charge on any atom is 0.431 e. The zero-order valence-corrected chi connectivity index (χ0v) is 14.3. The van der Waals surface area contributed by atoms with Crippen LogP contribution < -0.4 is 5.32 Å². The molecule has 0 saturated heterocycles. The number of aryl methyl sites for hydroxylation is 2. The summed E-state index contributed by atoms with van der Waals surface area (Å²) in [5, 5.41) is 20.8. The number of hydrogen-bond donors (Lipinski definition) is 3. The minimum atomic E-state index is -1.32. The standard InChI is InChI=1S/C12H18N2O3.C7H8/c1-10-5-2-3-6-11(10)9-13-7-4-8-14(17)12(15)16;1-7-5-3-2-4-6-7/h2-3,5-6,13,17H,4,7-9H2,1H3,(H,15,16);2-6H,1H3. The first kappa shape index (κ1) is 19.7. The Morgan fingerprint density at radius 2 is 1.67 bits per heavy atom. The van der Waals surface area contributed by atoms with Crippen molar-refractivity contribution in [2.45, 2.75) is 26.8 Å². The Balaban J connectivity index is 0.000000341. The van der Waals surface area contributed by atoms with E-state index in [0.29, 0.717) is 18.0 Å². The first-order valence-corrected chi connectivity index (χ1v) is 7.97. The van der Waals surface area contributed by atoms with Crippen molar-refractivity contribution in [2.24, 2.45) is 0 Å². The minimum absolute atomic E-state index is 0.121. The molecule has 2 rings (SSSR count). The first-order valence-electron chi connectivity index (χ1n) is 7.97. The van der Waals surface area contributed by atoms with Crippen LogP contribution in [0, 0.1) is 13.8 Å². The highest BCUT2D eigenvalue weighted by Crippen LogP contribution is 2.05. The summed E-state index contributed by atoms with van der Waals surface area (Å²) >= 11 is 0. The van der Waals surface area contributed by atoms with E-state index < -0.39 is 6.09 Å². The minimum Gasteiger partial charge on any atom is -0.463 e. The van der Waals surface area contributed by atoms with E-state index >= 15 is 0 Å². The Kier molecular flexibility index (Phi) is 9.19. The molecule has 0 aromatic heterocycles. The van der Waals surface area contributed by atoms with Gasteiger partial charge in [-0.05, 0) is 37.9 Å². The van der Waals surface area contributed by atoms with Crippen LogP contribution in [0.3, 0.4) is 0 Å². The molecule has 1 amide bonds. The summed E-state index contributed by atoms with van der Waals surface area (Å²) < 4.78 is 0. The highest BCUT2D eigenvalue weighted by Gasteiger charge is 2.05. The summed E-state index contributed by atoms with van der Waals surface area (Å²) in [5.41, 5.74) is 3.78. The largest absolute Gasteiger partial charge is 0.463 e. The number of amides is 1. The molecule has 24 heavy (non-hydrogen) atoms. The quantitative estimate of drug-likeness (QED) is 0.427. The molecule has 0 aliphatic carbocycles. The summed E-state index contributed by atoms with van der Waals surface area (Å²) in [6, 6.07) is 18.4. The van der Waals surface area contributed by atoms with Crippen molar-refractivity contribution in [3.8, 4) is 0 Å². The second-order valence-corrected chi connectivity index (χ2v) is 5.52. The molecule has 0 unspecified atom stereocenters. The molecule has 130 valence electrons. The lowest BCUT2D eigenvalue weighted by Crippen LogP contribution is -2.28. The van der Waals surface area contributed by atoms with Crippen LogP contribution >= 0.6 is 0 Å². The van der Waals surface area contributed by atoms with Gasteiger partial charge in [-0.1, -0.05) is 60.2 Å². The fourth-order valence-corrected chi connectivity index (χ4v) is 2.02. The van der Waals surface area contributed by atoms with Crippen molar-refractivity contribution in [3.63, 3.8) is 0 Å². The lowest BCUT2D eigenvalue weighted by atomic mass is 10.1. The molecule has 5 nitrogen and oxygen atoms in total. The van der Waals surface area contributed by atoms with Gasteiger partial charge in [0.1, 0.15) is 0 Å². The third kappa shape index (κ3) is 8.31. The van der Waals surface area contributed by atoms with Crippen LogP contribution in [-0.2, 0) is 6.54 Å². The van der Waals surface area contributed by atoms with Gasteiger partial charge in [0.2, 0.25) is 0 Å². The van der Waals surface area contributed by atoms with Crippen molar-refractivity contribution in [1.82, 2.24) is 10.4 Å². The SMILES string of the molecule is Cc1ccccc1.Cc1ccccc1CNCCCN(O)C(=O)O. The van der Waals surface area contributed by atoms with E-state index in [9.17, 15) is 4.79 Å². The highest BCUT2D eigenvalue weighted by atomic mass is 16.6. The van der Waals surface area contributed by atoms with E-state index in [1.165, 1.54) is 16.7 Å². The predicted molar refractivity (Wildman–Crippen MR) is 95.2 cm³/mol. The molecule has 0 heterocycles. The first-order chi connectivity index (χ1) is 11.5. The van der Waals surface area contributed by atoms with Crippen LogP contribution in [0.15, 0.2) is 54.6 Å². The van der Waals surface area contributed by atoms with Crippen molar-refractivity contribution in [2.75, 3.05) is 13.1 Å². The number of nitrogens with one attached hydrogen (secondary N) is 1. The highest BCUT2D eigenvalue weighted by molar-refractivity contribution is 5.63. The van der Waals surface area contributed by atoms with E-state index in [1.807, 2.05) is 30.3 Å². The zero-order valence-electron chi connectivity index (χ0n) is 14.3. The predicted octanol–water partition coefficient (Wildman–Crippen LogP) is 3.84. The van der Waals surface area contributed by atoms with Gasteiger partial charge in [0, 0.05) is 6.54 Å². The van der Waals surface area contributed by atoms with Gasteiger partial charge < -0.3 is 10.4 Å². The van der Waals surface area contributed by atoms with Gasteiger partial charge in [0.05, 0.1) is 6.54 Å². The van der Waals surface area contributed by atoms with Gasteiger partial charge in [-0.15, -0.1) is 0 Å². The Morgan fingerprint density at radius 3 is 2.21 bits per heavy atom. The molecule has 0 spiro atoms. The lowest BCUT2D eigenvalue weighted by Gasteiger charge is -2.11. The van der Waals surface area contributed by atoms with Crippen LogP contribution in [-0.4, -0.2) is 34.6 Å². The maximum atomic E-state index is 10.3. The molecule has 2 aromatic rings. The van der Waals surface area contributed by atoms with Gasteiger partial charge in [0.15, 0.2) is 0 Å². The van der Waals surface area contributed by atoms with Crippen LogP contribution in [0.25, 0.3) is 0 Å². The molecule has 0 bridgehead atoms. The molecule has 3 N–H and O–H groups in total. The molecule has 0 radical (unpaired) electrons. The topological polar surface area (TPSA) is 72.8 Å². The van der Waals surface area contributed by atoms with Crippen LogP contribution in [0.4, 0.5) is 4.79 Å². The monoisotopic (exact) mass is 330 g/mol. The fraction of sp³-hybridized carbons (Fsp3) is 0.316. The van der Waals surface area contributed by atoms with Crippen LogP contribution in [0.1, 0.15) is 23.1 Å². The lowest BCUT2D eigenvalue weighted by molar-refractivity contribution is -0.0640. The molecule has 0 aliphatic heterocycles. The normalized spacial score (nSPS) is 9.79. The molecule has 0 atom stereocenters. The second-order valence-electron chi connectivity index (χ2n) is 5.52. The third-order valence-corrected chi connectivity index (χ3v) is 3.46. The van der Waals surface area contributed by atoms with Crippen molar-refractivity contribution < 1.29 is 15.1 Å². The number of nitrogens with zero attached hydrogens (tertiary/aromatic N) is 1. The number of carboxylic acid groups (broad SMARTS) is 1. The second kappa shape index (κ2) is 11.2. The molecule has 0 saturated carbocycles. The van der Waals surface area contributed by atoms with Gasteiger partial charge in [-0.25, -0.2) is 4.79 Å². The summed E-state index contributed by atoms with van der Waals surface area (Å²) in [6.45, 7) is 5.68. The van der Waals surface area contributed by atoms with Crippen molar-refractivity contribution in [1.29, 1.82) is 0 Å². The third-order valence-electron chi connectivity index (χ3n) is 3.46. The molecule has 0 fully saturated rings. The zero-order chi connectivity index (χ0) is 17.8. The molecule has 2 aromatic carbocycles. The summed E-state index contributed by atoms with van der Waals surface area (Å²) in [6.07, 6.45) is -0.738. The van der Waals surface area contributed by atoms with Crippen molar-refractivity contribution >= 4 is 6.09 Å². The molecule has 0 aliphatic rings. The molecular weight excluding hydrogens is 304 g/mol. The average molecular weight is 330 g/mol. The fourth-order valence-electron chi connectivity index (χ4n) is 2.02. The number of carbonyl (C=O) groups is 1. The average Bonchev–Trinajstić information content (AvgIpc) is 2.57. The van der Waals surface area contributed by atoms with Gasteiger partial charge in [-0.2, -0.15) is 5.06 Å². The Labute approximate surface area is 143 Å².